The number of methoxy groups -OCH3 is 1. The highest BCUT2D eigenvalue weighted by atomic mass is 16.5. The summed E-state index contributed by atoms with van der Waals surface area (Å²) in [6.07, 6.45) is 1.74. The first kappa shape index (κ1) is 23.1. The number of aliphatic hydroxyl groups excluding tert-OH is 1. The monoisotopic (exact) mass is 480 g/mol. The minimum atomic E-state index is -0.829. The minimum absolute atomic E-state index is 0.0222. The third kappa shape index (κ3) is 3.94. The lowest BCUT2D eigenvalue weighted by atomic mass is 9.94. The molecule has 5 rings (SSSR count). The normalized spacial score (nSPS) is 17.1. The van der Waals surface area contributed by atoms with Crippen LogP contribution in [0.2, 0.25) is 0 Å². The zero-order valence-corrected chi connectivity index (χ0v) is 19.8. The second-order valence-electron chi connectivity index (χ2n) is 8.75. The molecule has 0 bridgehead atoms. The molecule has 1 aromatic heterocycles. The van der Waals surface area contributed by atoms with Crippen LogP contribution in [0.15, 0.2) is 84.6 Å². The average Bonchev–Trinajstić information content (AvgIpc) is 3.43. The summed E-state index contributed by atoms with van der Waals surface area (Å²) in [6.45, 7) is 1.93. The highest BCUT2D eigenvalue weighted by molar-refractivity contribution is 6.51. The number of aromatic nitrogens is 1. The molecule has 7 heteroatoms. The predicted octanol–water partition coefficient (Wildman–Crippen LogP) is 4.82. The van der Waals surface area contributed by atoms with E-state index >= 15 is 0 Å². The Hall–Kier alpha value is -4.65. The molecular weight excluding hydrogens is 456 g/mol. The zero-order valence-electron chi connectivity index (χ0n) is 19.8. The van der Waals surface area contributed by atoms with E-state index in [1.165, 1.54) is 12.0 Å². The molecule has 0 saturated carbocycles. The van der Waals surface area contributed by atoms with Crippen molar-refractivity contribution < 1.29 is 24.2 Å². The number of aryl methyl sites for hydroxylation is 1. The number of aliphatic hydroxyl groups is 1. The number of carbonyl (C=O) groups is 3. The molecule has 3 aromatic carbocycles. The van der Waals surface area contributed by atoms with Gasteiger partial charge in [-0.2, -0.15) is 0 Å². The minimum Gasteiger partial charge on any atom is -0.507 e. The summed E-state index contributed by atoms with van der Waals surface area (Å²) in [6, 6.07) is 21.0. The highest BCUT2D eigenvalue weighted by Gasteiger charge is 2.47. The number of ether oxygens (including phenoxy) is 1. The number of esters is 1. The van der Waals surface area contributed by atoms with Crippen LogP contribution in [0.4, 0.5) is 5.69 Å². The molecule has 1 amide bonds. The van der Waals surface area contributed by atoms with Crippen LogP contribution in [0.25, 0.3) is 16.7 Å². The molecule has 1 saturated heterocycles. The van der Waals surface area contributed by atoms with Gasteiger partial charge in [0.25, 0.3) is 11.7 Å². The molecule has 7 nitrogen and oxygen atoms in total. The zero-order chi connectivity index (χ0) is 25.4. The molecule has 4 aromatic rings. The summed E-state index contributed by atoms with van der Waals surface area (Å²) in [7, 11) is 1.33. The smallest absolute Gasteiger partial charge is 0.309 e. The molecule has 1 fully saturated rings. The van der Waals surface area contributed by atoms with E-state index < -0.39 is 17.7 Å². The Labute approximate surface area is 207 Å². The number of benzene rings is 3. The fourth-order valence-electron chi connectivity index (χ4n) is 4.68. The van der Waals surface area contributed by atoms with Crippen molar-refractivity contribution in [2.75, 3.05) is 12.0 Å². The summed E-state index contributed by atoms with van der Waals surface area (Å²) in [4.78, 5) is 42.9. The van der Waals surface area contributed by atoms with Crippen molar-refractivity contribution in [1.29, 1.82) is 0 Å². The first-order valence-electron chi connectivity index (χ1n) is 11.5. The number of carbonyl (C=O) groups excluding carboxylic acids is 3. The maximum absolute atomic E-state index is 13.4. The van der Waals surface area contributed by atoms with Crippen LogP contribution in [0.5, 0.6) is 0 Å². The summed E-state index contributed by atoms with van der Waals surface area (Å²) >= 11 is 0. The first-order valence-corrected chi connectivity index (χ1v) is 11.5. The van der Waals surface area contributed by atoms with Gasteiger partial charge in [0, 0.05) is 28.4 Å². The molecule has 1 aliphatic rings. The summed E-state index contributed by atoms with van der Waals surface area (Å²) in [5.41, 5.74) is 4.14. The molecule has 36 heavy (non-hydrogen) atoms. The van der Waals surface area contributed by atoms with Gasteiger partial charge in [-0.05, 0) is 36.2 Å². The average molecular weight is 481 g/mol. The molecular formula is C29H24N2O5. The van der Waals surface area contributed by atoms with Crippen LogP contribution in [0.3, 0.4) is 0 Å². The highest BCUT2D eigenvalue weighted by Crippen LogP contribution is 2.43. The Morgan fingerprint density at radius 2 is 1.78 bits per heavy atom. The lowest BCUT2D eigenvalue weighted by Crippen LogP contribution is -2.29. The largest absolute Gasteiger partial charge is 0.507 e. The van der Waals surface area contributed by atoms with Gasteiger partial charge in [0.1, 0.15) is 5.76 Å². The van der Waals surface area contributed by atoms with Crippen molar-refractivity contribution in [1.82, 2.24) is 4.98 Å². The van der Waals surface area contributed by atoms with E-state index in [4.69, 9.17) is 4.74 Å². The van der Waals surface area contributed by atoms with E-state index in [9.17, 15) is 19.5 Å². The van der Waals surface area contributed by atoms with Crippen molar-refractivity contribution in [2.24, 2.45) is 0 Å². The third-order valence-electron chi connectivity index (χ3n) is 6.44. The van der Waals surface area contributed by atoms with Crippen molar-refractivity contribution in [2.45, 2.75) is 19.4 Å². The van der Waals surface area contributed by atoms with Crippen LogP contribution in [0, 0.1) is 6.92 Å². The van der Waals surface area contributed by atoms with Gasteiger partial charge in [-0.15, -0.1) is 0 Å². The molecule has 180 valence electrons. The molecule has 0 radical (unpaired) electrons. The Kier molecular flexibility index (Phi) is 5.90. The van der Waals surface area contributed by atoms with Gasteiger partial charge in [0.2, 0.25) is 0 Å². The van der Waals surface area contributed by atoms with Crippen LogP contribution in [0.1, 0.15) is 28.3 Å². The lowest BCUT2D eigenvalue weighted by Gasteiger charge is -2.26. The van der Waals surface area contributed by atoms with Gasteiger partial charge in [0.05, 0.1) is 25.1 Å². The number of para-hydroxylation sites is 1. The number of hydrogen-bond acceptors (Lipinski definition) is 5. The number of fused-ring (bicyclic) bond motifs is 1. The van der Waals surface area contributed by atoms with Crippen molar-refractivity contribution >= 4 is 40.0 Å². The molecule has 1 aliphatic heterocycles. The number of Topliss-reactive ketones (excluding diaryl/α,β-unsaturated/α-hetero) is 1. The van der Waals surface area contributed by atoms with E-state index in [1.807, 2.05) is 55.5 Å². The lowest BCUT2D eigenvalue weighted by molar-refractivity contribution is -0.139. The number of nitrogens with one attached hydrogen (secondary N) is 1. The topological polar surface area (TPSA) is 99.7 Å². The summed E-state index contributed by atoms with van der Waals surface area (Å²) in [5.74, 6) is -2.10. The summed E-state index contributed by atoms with van der Waals surface area (Å²) in [5, 5.41) is 12.2. The van der Waals surface area contributed by atoms with Crippen molar-refractivity contribution in [3.8, 4) is 0 Å². The standard InChI is InChI=1S/C29H24N2O5/c1-17-6-5-7-19(14-17)26-25(27(33)22-16-30-23-9-4-3-8-21(22)23)28(34)29(35)31(26)20-12-10-18(11-13-20)15-24(32)36-2/h3-14,16,26,30,33H,15H2,1-2H3/b27-25-. The molecule has 2 heterocycles. The fraction of sp³-hybridized carbons (Fsp3) is 0.138. The van der Waals surface area contributed by atoms with Crippen molar-refractivity contribution in [3.05, 3.63) is 107 Å². The number of aromatic amines is 1. The van der Waals surface area contributed by atoms with E-state index in [0.29, 0.717) is 22.4 Å². The van der Waals surface area contributed by atoms with Gasteiger partial charge >= 0.3 is 5.97 Å². The molecule has 0 spiro atoms. The van der Waals surface area contributed by atoms with Crippen LogP contribution < -0.4 is 4.90 Å². The van der Waals surface area contributed by atoms with Gasteiger partial charge in [-0.3, -0.25) is 19.3 Å². The number of anilines is 1. The molecule has 1 atom stereocenters. The van der Waals surface area contributed by atoms with Gasteiger partial charge in [0.15, 0.2) is 0 Å². The maximum atomic E-state index is 13.4. The fourth-order valence-corrected chi connectivity index (χ4v) is 4.68. The third-order valence-corrected chi connectivity index (χ3v) is 6.44. The summed E-state index contributed by atoms with van der Waals surface area (Å²) < 4.78 is 4.72. The van der Waals surface area contributed by atoms with E-state index in [0.717, 1.165) is 16.5 Å². The Morgan fingerprint density at radius 1 is 1.03 bits per heavy atom. The Balaban J connectivity index is 1.67. The number of amides is 1. The van der Waals surface area contributed by atoms with Gasteiger partial charge in [-0.25, -0.2) is 0 Å². The molecule has 0 aliphatic carbocycles. The Bertz CT molecular complexity index is 1530. The van der Waals surface area contributed by atoms with Gasteiger partial charge in [-0.1, -0.05) is 60.2 Å². The molecule has 2 N–H and O–H groups in total. The first-order chi connectivity index (χ1) is 17.4. The number of ketones is 1. The Morgan fingerprint density at radius 3 is 2.50 bits per heavy atom. The van der Waals surface area contributed by atoms with E-state index in [1.54, 1.807) is 30.5 Å². The quantitative estimate of drug-likeness (QED) is 0.185. The number of H-pyrrole nitrogens is 1. The second-order valence-corrected chi connectivity index (χ2v) is 8.75. The maximum Gasteiger partial charge on any atom is 0.309 e. The van der Waals surface area contributed by atoms with Crippen LogP contribution in [-0.4, -0.2) is 34.9 Å². The number of rotatable bonds is 5. The van der Waals surface area contributed by atoms with Crippen LogP contribution in [-0.2, 0) is 25.5 Å². The second kappa shape index (κ2) is 9.19. The van der Waals surface area contributed by atoms with E-state index in [2.05, 4.69) is 4.98 Å². The van der Waals surface area contributed by atoms with Crippen LogP contribution >= 0.6 is 0 Å². The predicted molar refractivity (Wildman–Crippen MR) is 136 cm³/mol. The number of nitrogens with zero attached hydrogens (tertiary/aromatic N) is 1. The van der Waals surface area contributed by atoms with E-state index in [-0.39, 0.29) is 23.7 Å². The van der Waals surface area contributed by atoms with Crippen molar-refractivity contribution in [3.63, 3.8) is 0 Å². The number of hydrogen-bond donors (Lipinski definition) is 2. The SMILES string of the molecule is COC(=O)Cc1ccc(N2C(=O)C(=O)/C(=C(\O)c3c[nH]c4ccccc34)C2c2cccc(C)c2)cc1. The van der Waals surface area contributed by atoms with Gasteiger partial charge < -0.3 is 14.8 Å². The molecule has 1 unspecified atom stereocenters.